The van der Waals surface area contributed by atoms with E-state index in [-0.39, 0.29) is 45.1 Å². The molecule has 1 aromatic heterocycles. The standard InChI is InChI=1S/C22H22FN3O5S/c1-22(2,3)8-9-26-16-7-4-12(23)10-14(16)19(28)18(21(26)29)20-24-15-6-5-13(27)11-17(15)32(30,31)25-20/h4-7,10-11,27-28H,8-9H2,1-3H3,(H,24,25). The minimum absolute atomic E-state index is 0.0620. The van der Waals surface area contributed by atoms with Crippen LogP contribution in [0.2, 0.25) is 0 Å². The quantitative estimate of drug-likeness (QED) is 0.515. The number of phenols is 1. The summed E-state index contributed by atoms with van der Waals surface area (Å²) in [7, 11) is -4.27. The lowest BCUT2D eigenvalue weighted by molar-refractivity contribution is 0.350. The molecule has 2 heterocycles. The lowest BCUT2D eigenvalue weighted by Gasteiger charge is -2.22. The fourth-order valence-corrected chi connectivity index (χ4v) is 4.69. The van der Waals surface area contributed by atoms with Gasteiger partial charge in [0.1, 0.15) is 27.8 Å². The fraction of sp³-hybridized carbons (Fsp3) is 0.273. The number of halogens is 1. The van der Waals surface area contributed by atoms with Crippen LogP contribution in [0.1, 0.15) is 32.8 Å². The van der Waals surface area contributed by atoms with Crippen molar-refractivity contribution in [3.05, 3.63) is 58.1 Å². The monoisotopic (exact) mass is 459 g/mol. The van der Waals surface area contributed by atoms with Crippen LogP contribution in [0.3, 0.4) is 0 Å². The van der Waals surface area contributed by atoms with E-state index in [1.165, 1.54) is 28.8 Å². The lowest BCUT2D eigenvalue weighted by Crippen LogP contribution is -2.33. The second kappa shape index (κ2) is 7.33. The van der Waals surface area contributed by atoms with Crippen LogP contribution in [0.5, 0.6) is 11.5 Å². The van der Waals surface area contributed by atoms with Gasteiger partial charge in [0.25, 0.3) is 15.6 Å². The molecule has 0 spiro atoms. The molecule has 0 aliphatic carbocycles. The van der Waals surface area contributed by atoms with Crippen LogP contribution in [0, 0.1) is 11.2 Å². The molecule has 4 rings (SSSR count). The predicted octanol–water partition coefficient (Wildman–Crippen LogP) is 3.55. The molecular weight excluding hydrogens is 437 g/mol. The average molecular weight is 459 g/mol. The van der Waals surface area contributed by atoms with Gasteiger partial charge >= 0.3 is 0 Å². The molecule has 32 heavy (non-hydrogen) atoms. The van der Waals surface area contributed by atoms with Crippen LogP contribution in [0.4, 0.5) is 10.1 Å². The third-order valence-corrected chi connectivity index (χ3v) is 6.55. The molecule has 168 valence electrons. The Labute approximate surface area is 183 Å². The van der Waals surface area contributed by atoms with Gasteiger partial charge < -0.3 is 20.1 Å². The molecule has 0 fully saturated rings. The van der Waals surface area contributed by atoms with Crippen molar-refractivity contribution < 1.29 is 23.0 Å². The highest BCUT2D eigenvalue weighted by atomic mass is 32.2. The third-order valence-electron chi connectivity index (χ3n) is 5.23. The van der Waals surface area contributed by atoms with Crippen molar-refractivity contribution in [1.29, 1.82) is 0 Å². The van der Waals surface area contributed by atoms with Crippen LogP contribution >= 0.6 is 0 Å². The molecule has 0 saturated carbocycles. The Morgan fingerprint density at radius 1 is 1.12 bits per heavy atom. The molecular formula is C22H22FN3O5S. The topological polar surface area (TPSA) is 121 Å². The smallest absolute Gasteiger partial charge is 0.286 e. The van der Waals surface area contributed by atoms with Crippen molar-refractivity contribution in [2.24, 2.45) is 9.81 Å². The number of sulfonamides is 1. The number of pyridine rings is 1. The summed E-state index contributed by atoms with van der Waals surface area (Å²) in [6.45, 7) is 6.29. The highest BCUT2D eigenvalue weighted by molar-refractivity contribution is 7.90. The maximum atomic E-state index is 14.0. The van der Waals surface area contributed by atoms with Crippen LogP contribution in [-0.4, -0.2) is 29.0 Å². The summed E-state index contributed by atoms with van der Waals surface area (Å²) in [5.41, 5.74) is -0.734. The molecule has 8 nitrogen and oxygen atoms in total. The SMILES string of the molecule is CC(C)(C)CCn1c(=O)c(C2=NS(=O)(=O)c3cc(O)ccc3N2)c(O)c2cc(F)ccc21. The van der Waals surface area contributed by atoms with E-state index in [2.05, 4.69) is 9.71 Å². The predicted molar refractivity (Wildman–Crippen MR) is 119 cm³/mol. The zero-order valence-corrected chi connectivity index (χ0v) is 18.5. The molecule has 0 atom stereocenters. The first-order chi connectivity index (χ1) is 14.9. The number of phenolic OH excluding ortho intramolecular Hbond substituents is 1. The molecule has 0 unspecified atom stereocenters. The maximum absolute atomic E-state index is 14.0. The highest BCUT2D eigenvalue weighted by Gasteiger charge is 2.30. The molecule has 1 aliphatic rings. The number of aromatic nitrogens is 1. The van der Waals surface area contributed by atoms with Crippen LogP contribution in [0.15, 0.2) is 50.5 Å². The number of hydrogen-bond acceptors (Lipinski definition) is 6. The molecule has 0 amide bonds. The van der Waals surface area contributed by atoms with Gasteiger partial charge in [-0.1, -0.05) is 20.8 Å². The zero-order valence-electron chi connectivity index (χ0n) is 17.7. The van der Waals surface area contributed by atoms with E-state index in [4.69, 9.17) is 0 Å². The minimum atomic E-state index is -4.27. The number of anilines is 1. The number of aryl methyl sites for hydroxylation is 1. The number of nitrogens with zero attached hydrogens (tertiary/aromatic N) is 2. The largest absolute Gasteiger partial charge is 0.508 e. The first-order valence-corrected chi connectivity index (χ1v) is 11.3. The van der Waals surface area contributed by atoms with E-state index in [9.17, 15) is 27.8 Å². The van der Waals surface area contributed by atoms with Crippen molar-refractivity contribution in [1.82, 2.24) is 4.57 Å². The summed E-state index contributed by atoms with van der Waals surface area (Å²) in [6, 6.07) is 7.33. The summed E-state index contributed by atoms with van der Waals surface area (Å²) >= 11 is 0. The second-order valence-electron chi connectivity index (χ2n) is 8.87. The normalized spacial score (nSPS) is 15.2. The Hall–Kier alpha value is -3.40. The molecule has 0 radical (unpaired) electrons. The Bertz CT molecular complexity index is 1450. The Morgan fingerprint density at radius 3 is 2.53 bits per heavy atom. The number of benzene rings is 2. The number of fused-ring (bicyclic) bond motifs is 2. The van der Waals surface area contributed by atoms with Gasteiger partial charge in [-0.05, 0) is 42.2 Å². The van der Waals surface area contributed by atoms with Gasteiger partial charge in [0.15, 0.2) is 5.84 Å². The zero-order chi connectivity index (χ0) is 23.4. The van der Waals surface area contributed by atoms with E-state index >= 15 is 0 Å². The van der Waals surface area contributed by atoms with Gasteiger partial charge in [-0.25, -0.2) is 4.39 Å². The van der Waals surface area contributed by atoms with Gasteiger partial charge in [-0.3, -0.25) is 4.79 Å². The van der Waals surface area contributed by atoms with Crippen molar-refractivity contribution in [2.45, 2.75) is 38.6 Å². The van der Waals surface area contributed by atoms with E-state index in [1.54, 1.807) is 0 Å². The van der Waals surface area contributed by atoms with E-state index in [1.807, 2.05) is 20.8 Å². The fourth-order valence-electron chi connectivity index (χ4n) is 3.55. The number of aromatic hydroxyl groups is 2. The van der Waals surface area contributed by atoms with E-state index < -0.39 is 27.1 Å². The molecule has 0 bridgehead atoms. The van der Waals surface area contributed by atoms with Crippen molar-refractivity contribution in [3.8, 4) is 11.5 Å². The number of rotatable bonds is 3. The van der Waals surface area contributed by atoms with Gasteiger partial charge in [0.2, 0.25) is 0 Å². The van der Waals surface area contributed by atoms with Crippen molar-refractivity contribution in [3.63, 3.8) is 0 Å². The Kier molecular flexibility index (Phi) is 5.00. The van der Waals surface area contributed by atoms with Crippen molar-refractivity contribution >= 4 is 32.4 Å². The van der Waals surface area contributed by atoms with E-state index in [0.717, 1.165) is 12.1 Å². The van der Waals surface area contributed by atoms with Gasteiger partial charge in [-0.2, -0.15) is 8.42 Å². The summed E-state index contributed by atoms with van der Waals surface area (Å²) in [5.74, 6) is -1.82. The lowest BCUT2D eigenvalue weighted by atomic mass is 9.92. The first-order valence-electron chi connectivity index (χ1n) is 9.88. The Balaban J connectivity index is 1.98. The highest BCUT2D eigenvalue weighted by Crippen LogP contribution is 2.34. The van der Waals surface area contributed by atoms with Gasteiger partial charge in [0, 0.05) is 18.0 Å². The van der Waals surface area contributed by atoms with Gasteiger partial charge in [0.05, 0.1) is 11.2 Å². The molecule has 1 aliphatic heterocycles. The Morgan fingerprint density at radius 2 is 1.84 bits per heavy atom. The maximum Gasteiger partial charge on any atom is 0.286 e. The number of nitrogens with one attached hydrogen (secondary N) is 1. The van der Waals surface area contributed by atoms with Crippen LogP contribution < -0.4 is 10.9 Å². The molecule has 3 aromatic rings. The molecule has 0 saturated heterocycles. The second-order valence-corrected chi connectivity index (χ2v) is 10.4. The van der Waals surface area contributed by atoms with Gasteiger partial charge in [-0.15, -0.1) is 4.40 Å². The summed E-state index contributed by atoms with van der Waals surface area (Å²) < 4.78 is 44.5. The average Bonchev–Trinajstić information content (AvgIpc) is 2.68. The van der Waals surface area contributed by atoms with Crippen LogP contribution in [-0.2, 0) is 16.6 Å². The summed E-state index contributed by atoms with van der Waals surface area (Å²) in [4.78, 5) is 13.2. The summed E-state index contributed by atoms with van der Waals surface area (Å²) in [6.07, 6.45) is 0.601. The molecule has 2 aromatic carbocycles. The minimum Gasteiger partial charge on any atom is -0.508 e. The number of hydrogen-bond donors (Lipinski definition) is 3. The number of amidine groups is 1. The van der Waals surface area contributed by atoms with E-state index in [0.29, 0.717) is 11.9 Å². The first kappa shape index (κ1) is 21.8. The summed E-state index contributed by atoms with van der Waals surface area (Å²) in [5, 5.41) is 23.3. The third kappa shape index (κ3) is 3.81. The molecule has 10 heteroatoms. The molecule has 3 N–H and O–H groups in total. The van der Waals surface area contributed by atoms with Crippen molar-refractivity contribution in [2.75, 3.05) is 5.32 Å². The van der Waals surface area contributed by atoms with Crippen LogP contribution in [0.25, 0.3) is 10.9 Å².